The molecule has 0 spiro atoms. The first-order valence-corrected chi connectivity index (χ1v) is 4.07. The van der Waals surface area contributed by atoms with Crippen LogP contribution in [0.4, 0.5) is 0 Å². The standard InChI is InChI=1S/C8H17NO/c1-3-10-7-5-4-6-8(7,2)9/h7H,3-6,9H2,1-2H3. The largest absolute Gasteiger partial charge is 0.377 e. The van der Waals surface area contributed by atoms with Crippen molar-refractivity contribution in [2.75, 3.05) is 6.61 Å². The molecule has 0 heterocycles. The Bertz CT molecular complexity index is 112. The maximum atomic E-state index is 5.98. The quantitative estimate of drug-likeness (QED) is 0.632. The summed E-state index contributed by atoms with van der Waals surface area (Å²) in [7, 11) is 0. The van der Waals surface area contributed by atoms with Crippen molar-refractivity contribution in [2.24, 2.45) is 5.73 Å². The van der Waals surface area contributed by atoms with Gasteiger partial charge in [0.1, 0.15) is 0 Å². The molecule has 1 saturated carbocycles. The molecule has 2 N–H and O–H groups in total. The summed E-state index contributed by atoms with van der Waals surface area (Å²) in [4.78, 5) is 0. The minimum Gasteiger partial charge on any atom is -0.377 e. The van der Waals surface area contributed by atoms with Gasteiger partial charge in [-0.05, 0) is 33.1 Å². The summed E-state index contributed by atoms with van der Waals surface area (Å²) < 4.78 is 5.49. The molecule has 1 aliphatic rings. The van der Waals surface area contributed by atoms with Crippen molar-refractivity contribution in [1.29, 1.82) is 0 Å². The van der Waals surface area contributed by atoms with E-state index in [1.165, 1.54) is 6.42 Å². The van der Waals surface area contributed by atoms with Gasteiger partial charge < -0.3 is 10.5 Å². The average Bonchev–Trinajstić information content (AvgIpc) is 2.13. The van der Waals surface area contributed by atoms with Crippen LogP contribution in [0, 0.1) is 0 Å². The molecular weight excluding hydrogens is 126 g/mol. The van der Waals surface area contributed by atoms with Crippen molar-refractivity contribution in [2.45, 2.75) is 44.8 Å². The van der Waals surface area contributed by atoms with E-state index < -0.39 is 0 Å². The molecule has 60 valence electrons. The number of ether oxygens (including phenoxy) is 1. The summed E-state index contributed by atoms with van der Waals surface area (Å²) in [6.07, 6.45) is 3.77. The van der Waals surface area contributed by atoms with Gasteiger partial charge in [-0.15, -0.1) is 0 Å². The van der Waals surface area contributed by atoms with Gasteiger partial charge in [0.25, 0.3) is 0 Å². The van der Waals surface area contributed by atoms with Gasteiger partial charge in [0.15, 0.2) is 0 Å². The van der Waals surface area contributed by atoms with E-state index in [0.29, 0.717) is 6.10 Å². The SMILES string of the molecule is CCOC1CCCC1(C)N. The molecule has 0 aromatic heterocycles. The van der Waals surface area contributed by atoms with Crippen molar-refractivity contribution < 1.29 is 4.74 Å². The van der Waals surface area contributed by atoms with E-state index in [1.807, 2.05) is 6.92 Å². The van der Waals surface area contributed by atoms with Crippen LogP contribution in [0.3, 0.4) is 0 Å². The third-order valence-electron chi connectivity index (χ3n) is 2.29. The Hall–Kier alpha value is -0.0800. The summed E-state index contributed by atoms with van der Waals surface area (Å²) in [6.45, 7) is 4.90. The number of hydrogen-bond acceptors (Lipinski definition) is 2. The highest BCUT2D eigenvalue weighted by Gasteiger charge is 2.35. The van der Waals surface area contributed by atoms with Crippen LogP contribution in [0.25, 0.3) is 0 Å². The van der Waals surface area contributed by atoms with E-state index in [-0.39, 0.29) is 5.54 Å². The van der Waals surface area contributed by atoms with Gasteiger partial charge in [-0.2, -0.15) is 0 Å². The number of nitrogens with two attached hydrogens (primary N) is 1. The first-order chi connectivity index (χ1) is 4.67. The second-order valence-electron chi connectivity index (χ2n) is 3.34. The van der Waals surface area contributed by atoms with Crippen LogP contribution in [0.2, 0.25) is 0 Å². The van der Waals surface area contributed by atoms with E-state index in [2.05, 4.69) is 6.92 Å². The van der Waals surface area contributed by atoms with Crippen LogP contribution in [0.5, 0.6) is 0 Å². The Morgan fingerprint density at radius 1 is 1.70 bits per heavy atom. The fraction of sp³-hybridized carbons (Fsp3) is 1.00. The Labute approximate surface area is 62.7 Å². The fourth-order valence-corrected chi connectivity index (χ4v) is 1.63. The maximum Gasteiger partial charge on any atom is 0.0751 e. The number of hydrogen-bond donors (Lipinski definition) is 1. The van der Waals surface area contributed by atoms with Crippen molar-refractivity contribution in [3.05, 3.63) is 0 Å². The van der Waals surface area contributed by atoms with Gasteiger partial charge >= 0.3 is 0 Å². The van der Waals surface area contributed by atoms with Gasteiger partial charge in [0.05, 0.1) is 6.10 Å². The summed E-state index contributed by atoms with van der Waals surface area (Å²) in [5, 5.41) is 0. The van der Waals surface area contributed by atoms with Crippen LogP contribution < -0.4 is 5.73 Å². The van der Waals surface area contributed by atoms with Crippen LogP contribution in [0.15, 0.2) is 0 Å². The Morgan fingerprint density at radius 3 is 2.80 bits per heavy atom. The van der Waals surface area contributed by atoms with E-state index in [0.717, 1.165) is 19.4 Å². The second kappa shape index (κ2) is 2.89. The normalized spacial score (nSPS) is 40.5. The lowest BCUT2D eigenvalue weighted by molar-refractivity contribution is 0.0290. The molecular formula is C8H17NO. The van der Waals surface area contributed by atoms with Crippen molar-refractivity contribution >= 4 is 0 Å². The molecule has 1 rings (SSSR count). The van der Waals surface area contributed by atoms with Crippen LogP contribution in [0.1, 0.15) is 33.1 Å². The molecule has 2 unspecified atom stereocenters. The zero-order chi connectivity index (χ0) is 7.61. The fourth-order valence-electron chi connectivity index (χ4n) is 1.63. The molecule has 2 nitrogen and oxygen atoms in total. The van der Waals surface area contributed by atoms with Crippen LogP contribution in [-0.2, 0) is 4.74 Å². The van der Waals surface area contributed by atoms with E-state index in [1.54, 1.807) is 0 Å². The molecule has 0 amide bonds. The lowest BCUT2D eigenvalue weighted by atomic mass is 10.00. The topological polar surface area (TPSA) is 35.2 Å². The molecule has 10 heavy (non-hydrogen) atoms. The van der Waals surface area contributed by atoms with E-state index in [4.69, 9.17) is 10.5 Å². The predicted molar refractivity (Wildman–Crippen MR) is 41.9 cm³/mol. The maximum absolute atomic E-state index is 5.98. The van der Waals surface area contributed by atoms with Crippen LogP contribution >= 0.6 is 0 Å². The number of rotatable bonds is 2. The average molecular weight is 143 g/mol. The summed E-state index contributed by atoms with van der Waals surface area (Å²) in [6, 6.07) is 0. The summed E-state index contributed by atoms with van der Waals surface area (Å²) >= 11 is 0. The highest BCUT2D eigenvalue weighted by Crippen LogP contribution is 2.29. The first kappa shape index (κ1) is 8.02. The monoisotopic (exact) mass is 143 g/mol. The Morgan fingerprint density at radius 2 is 2.40 bits per heavy atom. The zero-order valence-corrected chi connectivity index (χ0v) is 6.89. The molecule has 2 heteroatoms. The van der Waals surface area contributed by atoms with Gasteiger partial charge in [0.2, 0.25) is 0 Å². The van der Waals surface area contributed by atoms with Gasteiger partial charge in [0, 0.05) is 12.1 Å². The lowest BCUT2D eigenvalue weighted by Gasteiger charge is -2.26. The lowest BCUT2D eigenvalue weighted by Crippen LogP contribution is -2.44. The molecule has 0 aromatic rings. The third-order valence-corrected chi connectivity index (χ3v) is 2.29. The molecule has 2 atom stereocenters. The molecule has 0 radical (unpaired) electrons. The highest BCUT2D eigenvalue weighted by atomic mass is 16.5. The molecule has 0 aliphatic heterocycles. The van der Waals surface area contributed by atoms with Crippen molar-refractivity contribution in [1.82, 2.24) is 0 Å². The van der Waals surface area contributed by atoms with Crippen molar-refractivity contribution in [3.63, 3.8) is 0 Å². The van der Waals surface area contributed by atoms with E-state index in [9.17, 15) is 0 Å². The van der Waals surface area contributed by atoms with Gasteiger partial charge in [-0.3, -0.25) is 0 Å². The summed E-state index contributed by atoms with van der Waals surface area (Å²) in [5.74, 6) is 0. The second-order valence-corrected chi connectivity index (χ2v) is 3.34. The summed E-state index contributed by atoms with van der Waals surface area (Å²) in [5.41, 5.74) is 5.92. The Kier molecular flexibility index (Phi) is 2.32. The van der Waals surface area contributed by atoms with Crippen molar-refractivity contribution in [3.8, 4) is 0 Å². The van der Waals surface area contributed by atoms with E-state index >= 15 is 0 Å². The minimum absolute atomic E-state index is 0.0595. The minimum atomic E-state index is -0.0595. The highest BCUT2D eigenvalue weighted by molar-refractivity contribution is 4.93. The zero-order valence-electron chi connectivity index (χ0n) is 6.89. The smallest absolute Gasteiger partial charge is 0.0751 e. The molecule has 1 aliphatic carbocycles. The van der Waals surface area contributed by atoms with Gasteiger partial charge in [-0.25, -0.2) is 0 Å². The Balaban J connectivity index is 2.43. The molecule has 0 saturated heterocycles. The first-order valence-electron chi connectivity index (χ1n) is 4.07. The molecule has 0 aromatic carbocycles. The van der Waals surface area contributed by atoms with Gasteiger partial charge in [-0.1, -0.05) is 0 Å². The molecule has 1 fully saturated rings. The molecule has 0 bridgehead atoms. The van der Waals surface area contributed by atoms with Crippen LogP contribution in [-0.4, -0.2) is 18.2 Å². The third kappa shape index (κ3) is 1.50. The predicted octanol–water partition coefficient (Wildman–Crippen LogP) is 1.29.